The fourth-order valence-electron chi connectivity index (χ4n) is 1.44. The minimum atomic E-state index is -0.491. The first-order valence-corrected chi connectivity index (χ1v) is 5.78. The number of nitrogens with zero attached hydrogens (tertiary/aromatic N) is 1. The van der Waals surface area contributed by atoms with Gasteiger partial charge in [-0.05, 0) is 24.3 Å². The van der Waals surface area contributed by atoms with E-state index in [2.05, 4.69) is 5.32 Å². The van der Waals surface area contributed by atoms with Crippen LogP contribution in [0.5, 0.6) is 0 Å². The van der Waals surface area contributed by atoms with Crippen LogP contribution < -0.4 is 5.32 Å². The SMILES string of the molecule is O=[N+]([O-])c1ccc(Nc2cccc(Cl)c2)c(Cl)c1. The molecule has 0 saturated heterocycles. The molecule has 0 aliphatic heterocycles. The van der Waals surface area contributed by atoms with Gasteiger partial charge in [-0.15, -0.1) is 0 Å². The van der Waals surface area contributed by atoms with Crippen molar-refractivity contribution in [2.75, 3.05) is 5.32 Å². The highest BCUT2D eigenvalue weighted by Gasteiger charge is 2.09. The fraction of sp³-hybridized carbons (Fsp3) is 0. The molecule has 0 unspecified atom stereocenters. The van der Waals surface area contributed by atoms with Crippen molar-refractivity contribution in [1.82, 2.24) is 0 Å². The molecule has 2 rings (SSSR count). The lowest BCUT2D eigenvalue weighted by Gasteiger charge is -2.08. The summed E-state index contributed by atoms with van der Waals surface area (Å²) in [6.45, 7) is 0. The van der Waals surface area contributed by atoms with Gasteiger partial charge < -0.3 is 5.32 Å². The first-order valence-electron chi connectivity index (χ1n) is 5.03. The predicted octanol–water partition coefficient (Wildman–Crippen LogP) is 4.65. The Morgan fingerprint density at radius 3 is 2.50 bits per heavy atom. The summed E-state index contributed by atoms with van der Waals surface area (Å²) < 4.78 is 0. The molecule has 92 valence electrons. The zero-order chi connectivity index (χ0) is 13.1. The van der Waals surface area contributed by atoms with E-state index in [4.69, 9.17) is 23.2 Å². The number of halogens is 2. The molecular formula is C12H8Cl2N2O2. The molecule has 0 atom stereocenters. The van der Waals surface area contributed by atoms with Crippen molar-refractivity contribution in [3.05, 3.63) is 62.6 Å². The number of rotatable bonds is 3. The normalized spacial score (nSPS) is 10.1. The van der Waals surface area contributed by atoms with Crippen LogP contribution >= 0.6 is 23.2 Å². The number of nitrogens with one attached hydrogen (secondary N) is 1. The average molecular weight is 283 g/mol. The van der Waals surface area contributed by atoms with E-state index >= 15 is 0 Å². The Hall–Kier alpha value is -1.78. The molecule has 0 saturated carbocycles. The standard InChI is InChI=1S/C12H8Cl2N2O2/c13-8-2-1-3-9(6-8)15-12-5-4-10(16(17)18)7-11(12)14/h1-7,15H. The maximum absolute atomic E-state index is 10.6. The highest BCUT2D eigenvalue weighted by atomic mass is 35.5. The highest BCUT2D eigenvalue weighted by Crippen LogP contribution is 2.29. The molecule has 0 fully saturated rings. The van der Waals surface area contributed by atoms with Gasteiger partial charge in [0.25, 0.3) is 5.69 Å². The first kappa shape index (κ1) is 12.7. The molecule has 0 aliphatic carbocycles. The van der Waals surface area contributed by atoms with Gasteiger partial charge in [0.15, 0.2) is 0 Å². The summed E-state index contributed by atoms with van der Waals surface area (Å²) >= 11 is 11.8. The maximum Gasteiger partial charge on any atom is 0.271 e. The average Bonchev–Trinajstić information content (AvgIpc) is 2.31. The van der Waals surface area contributed by atoms with Crippen LogP contribution in [0.1, 0.15) is 0 Å². The van der Waals surface area contributed by atoms with Crippen molar-refractivity contribution < 1.29 is 4.92 Å². The van der Waals surface area contributed by atoms with Gasteiger partial charge in [-0.3, -0.25) is 10.1 Å². The van der Waals surface area contributed by atoms with Crippen molar-refractivity contribution in [3.8, 4) is 0 Å². The second-order valence-corrected chi connectivity index (χ2v) is 4.40. The van der Waals surface area contributed by atoms with Gasteiger partial charge in [0.2, 0.25) is 0 Å². The molecular weight excluding hydrogens is 275 g/mol. The number of hydrogen-bond donors (Lipinski definition) is 1. The van der Waals surface area contributed by atoms with Crippen molar-refractivity contribution in [1.29, 1.82) is 0 Å². The van der Waals surface area contributed by atoms with E-state index in [1.807, 2.05) is 6.07 Å². The third kappa shape index (κ3) is 2.91. The quantitative estimate of drug-likeness (QED) is 0.659. The van der Waals surface area contributed by atoms with Crippen LogP contribution in [0.3, 0.4) is 0 Å². The van der Waals surface area contributed by atoms with Crippen LogP contribution in [0.4, 0.5) is 17.1 Å². The summed E-state index contributed by atoms with van der Waals surface area (Å²) in [7, 11) is 0. The first-order chi connectivity index (χ1) is 8.56. The van der Waals surface area contributed by atoms with Crippen LogP contribution in [0, 0.1) is 10.1 Å². The molecule has 6 heteroatoms. The molecule has 0 bridgehead atoms. The van der Waals surface area contributed by atoms with Gasteiger partial charge in [-0.25, -0.2) is 0 Å². The Morgan fingerprint density at radius 1 is 1.11 bits per heavy atom. The van der Waals surface area contributed by atoms with Gasteiger partial charge in [0, 0.05) is 22.8 Å². The fourth-order valence-corrected chi connectivity index (χ4v) is 1.85. The van der Waals surface area contributed by atoms with Crippen LogP contribution in [0.25, 0.3) is 0 Å². The maximum atomic E-state index is 10.6. The van der Waals surface area contributed by atoms with Crippen molar-refractivity contribution in [2.24, 2.45) is 0 Å². The minimum absolute atomic E-state index is 0.0448. The molecule has 0 aliphatic rings. The second kappa shape index (κ2) is 5.25. The number of anilines is 2. The molecule has 0 spiro atoms. The van der Waals surface area contributed by atoms with E-state index in [-0.39, 0.29) is 10.7 Å². The number of hydrogen-bond acceptors (Lipinski definition) is 3. The monoisotopic (exact) mass is 282 g/mol. The zero-order valence-corrected chi connectivity index (χ0v) is 10.6. The smallest absolute Gasteiger partial charge is 0.271 e. The minimum Gasteiger partial charge on any atom is -0.354 e. The van der Waals surface area contributed by atoms with Crippen molar-refractivity contribution >= 4 is 40.3 Å². The van der Waals surface area contributed by atoms with Crippen LogP contribution in [0.2, 0.25) is 10.0 Å². The van der Waals surface area contributed by atoms with E-state index in [0.717, 1.165) is 5.69 Å². The summed E-state index contributed by atoms with van der Waals surface area (Å²) in [4.78, 5) is 10.1. The third-order valence-electron chi connectivity index (χ3n) is 2.27. The lowest BCUT2D eigenvalue weighted by molar-refractivity contribution is -0.384. The number of non-ortho nitro benzene ring substituents is 1. The number of nitro groups is 1. The van der Waals surface area contributed by atoms with E-state index in [1.165, 1.54) is 12.1 Å². The summed E-state index contributed by atoms with van der Waals surface area (Å²) in [6, 6.07) is 11.4. The Morgan fingerprint density at radius 2 is 1.89 bits per heavy atom. The molecule has 2 aromatic rings. The molecule has 0 radical (unpaired) electrons. The molecule has 0 heterocycles. The Kier molecular flexibility index (Phi) is 3.69. The molecule has 4 nitrogen and oxygen atoms in total. The van der Waals surface area contributed by atoms with Gasteiger partial charge in [0.05, 0.1) is 15.6 Å². The Balaban J connectivity index is 2.27. The van der Waals surface area contributed by atoms with Gasteiger partial charge in [-0.1, -0.05) is 29.3 Å². The van der Waals surface area contributed by atoms with Crippen molar-refractivity contribution in [2.45, 2.75) is 0 Å². The summed E-state index contributed by atoms with van der Waals surface area (Å²) in [5.74, 6) is 0. The van der Waals surface area contributed by atoms with Gasteiger partial charge in [0.1, 0.15) is 0 Å². The van der Waals surface area contributed by atoms with Crippen molar-refractivity contribution in [3.63, 3.8) is 0 Å². The third-order valence-corrected chi connectivity index (χ3v) is 2.81. The molecule has 1 N–H and O–H groups in total. The number of benzene rings is 2. The van der Waals surface area contributed by atoms with Crippen LogP contribution in [-0.2, 0) is 0 Å². The summed E-state index contributed by atoms with van der Waals surface area (Å²) in [5, 5.41) is 14.5. The van der Waals surface area contributed by atoms with E-state index in [0.29, 0.717) is 10.7 Å². The highest BCUT2D eigenvalue weighted by molar-refractivity contribution is 6.33. The lowest BCUT2D eigenvalue weighted by Crippen LogP contribution is -1.93. The predicted molar refractivity (Wildman–Crippen MR) is 72.8 cm³/mol. The van der Waals surface area contributed by atoms with E-state index < -0.39 is 4.92 Å². The lowest BCUT2D eigenvalue weighted by atomic mass is 10.2. The van der Waals surface area contributed by atoms with Gasteiger partial charge in [-0.2, -0.15) is 0 Å². The van der Waals surface area contributed by atoms with Crippen LogP contribution in [-0.4, -0.2) is 4.92 Å². The molecule has 2 aromatic carbocycles. The summed E-state index contributed by atoms with van der Waals surface area (Å²) in [5.41, 5.74) is 1.31. The van der Waals surface area contributed by atoms with E-state index in [1.54, 1.807) is 24.3 Å². The largest absolute Gasteiger partial charge is 0.354 e. The molecule has 0 aromatic heterocycles. The topological polar surface area (TPSA) is 55.2 Å². The Bertz CT molecular complexity index is 602. The van der Waals surface area contributed by atoms with Crippen LogP contribution in [0.15, 0.2) is 42.5 Å². The van der Waals surface area contributed by atoms with E-state index in [9.17, 15) is 10.1 Å². The molecule has 0 amide bonds. The van der Waals surface area contributed by atoms with Gasteiger partial charge >= 0.3 is 0 Å². The zero-order valence-electron chi connectivity index (χ0n) is 9.06. The summed E-state index contributed by atoms with van der Waals surface area (Å²) in [6.07, 6.45) is 0. The molecule has 18 heavy (non-hydrogen) atoms. The number of nitro benzene ring substituents is 1. The Labute approximate surface area is 113 Å². The second-order valence-electron chi connectivity index (χ2n) is 3.56.